The van der Waals surface area contributed by atoms with Crippen LogP contribution in [0, 0.1) is 0 Å². The predicted octanol–water partition coefficient (Wildman–Crippen LogP) is 3.21. The van der Waals surface area contributed by atoms with Gasteiger partial charge in [0.2, 0.25) is 0 Å². The fourth-order valence-electron chi connectivity index (χ4n) is 1.99. The summed E-state index contributed by atoms with van der Waals surface area (Å²) in [7, 11) is 0. The third-order valence-corrected chi connectivity index (χ3v) is 3.19. The lowest BCUT2D eigenvalue weighted by Gasteiger charge is -2.03. The van der Waals surface area contributed by atoms with Crippen molar-refractivity contribution in [3.63, 3.8) is 0 Å². The van der Waals surface area contributed by atoms with Gasteiger partial charge in [0.15, 0.2) is 0 Å². The van der Waals surface area contributed by atoms with Crippen molar-refractivity contribution < 1.29 is 4.74 Å². The number of fused-ring (bicyclic) bond motifs is 1. The molecule has 0 atom stereocenters. The van der Waals surface area contributed by atoms with Crippen LogP contribution in [0.4, 0.5) is 0 Å². The minimum absolute atomic E-state index is 0.419. The van der Waals surface area contributed by atoms with Crippen LogP contribution in [0.1, 0.15) is 12.6 Å². The van der Waals surface area contributed by atoms with Crippen LogP contribution in [0.25, 0.3) is 22.3 Å². The van der Waals surface area contributed by atoms with E-state index in [1.807, 2.05) is 37.3 Å². The van der Waals surface area contributed by atoms with Crippen molar-refractivity contribution in [2.45, 2.75) is 13.5 Å². The summed E-state index contributed by atoms with van der Waals surface area (Å²) in [6.45, 7) is 3.00. The van der Waals surface area contributed by atoms with Gasteiger partial charge >= 0.3 is 0 Å². The molecule has 1 N–H and O–H groups in total. The molecule has 0 unspecified atom stereocenters. The molecule has 0 bridgehead atoms. The van der Waals surface area contributed by atoms with E-state index >= 15 is 0 Å². The first kappa shape index (κ1) is 13.0. The lowest BCUT2D eigenvalue weighted by Crippen LogP contribution is -1.96. The van der Waals surface area contributed by atoms with Gasteiger partial charge < -0.3 is 4.74 Å². The fraction of sp³-hybridized carbons (Fsp3) is 0.214. The molecule has 0 saturated carbocycles. The smallest absolute Gasteiger partial charge is 0.136 e. The molecule has 0 aliphatic carbocycles. The van der Waals surface area contributed by atoms with E-state index in [-0.39, 0.29) is 0 Å². The quantitative estimate of drug-likeness (QED) is 0.800. The maximum Gasteiger partial charge on any atom is 0.136 e. The minimum atomic E-state index is 0.419. The number of hydrogen-bond acceptors (Lipinski definition) is 4. The molecule has 0 saturated heterocycles. The van der Waals surface area contributed by atoms with Crippen molar-refractivity contribution in [1.29, 1.82) is 0 Å². The minimum Gasteiger partial charge on any atom is -0.375 e. The zero-order chi connectivity index (χ0) is 13.9. The molecule has 0 radical (unpaired) electrons. The lowest BCUT2D eigenvalue weighted by molar-refractivity contribution is 0.131. The molecule has 0 spiro atoms. The molecule has 2 aromatic heterocycles. The number of nitrogens with zero attached hydrogens (tertiary/aromatic N) is 3. The Morgan fingerprint density at radius 1 is 1.20 bits per heavy atom. The number of aromatic nitrogens is 4. The summed E-state index contributed by atoms with van der Waals surface area (Å²) < 4.78 is 5.38. The van der Waals surface area contributed by atoms with Gasteiger partial charge in [0.1, 0.15) is 11.4 Å². The van der Waals surface area contributed by atoms with Crippen LogP contribution in [-0.4, -0.2) is 27.0 Å². The standard InChI is InChI=1S/C14H13ClN4O/c1-2-20-8-13-14(18-19-17-13)12-5-3-9-7-10(15)4-6-11(9)16-12/h3-7H,2,8H2,1H3,(H,17,18,19). The molecule has 0 aliphatic rings. The van der Waals surface area contributed by atoms with Crippen LogP contribution in [0.15, 0.2) is 30.3 Å². The number of rotatable bonds is 4. The van der Waals surface area contributed by atoms with Crippen molar-refractivity contribution in [3.8, 4) is 11.4 Å². The van der Waals surface area contributed by atoms with Crippen LogP contribution in [0.5, 0.6) is 0 Å². The Morgan fingerprint density at radius 2 is 2.10 bits per heavy atom. The molecule has 20 heavy (non-hydrogen) atoms. The zero-order valence-corrected chi connectivity index (χ0v) is 11.7. The van der Waals surface area contributed by atoms with Crippen LogP contribution >= 0.6 is 11.6 Å². The van der Waals surface area contributed by atoms with Crippen LogP contribution in [0.3, 0.4) is 0 Å². The highest BCUT2D eigenvalue weighted by atomic mass is 35.5. The van der Waals surface area contributed by atoms with Crippen LogP contribution < -0.4 is 0 Å². The third-order valence-electron chi connectivity index (χ3n) is 2.96. The van der Waals surface area contributed by atoms with E-state index in [9.17, 15) is 0 Å². The first-order chi connectivity index (χ1) is 9.78. The summed E-state index contributed by atoms with van der Waals surface area (Å²) in [6, 6.07) is 9.49. The van der Waals surface area contributed by atoms with E-state index < -0.39 is 0 Å². The average molecular weight is 289 g/mol. The molecule has 0 aliphatic heterocycles. The van der Waals surface area contributed by atoms with Gasteiger partial charge in [0, 0.05) is 17.0 Å². The summed E-state index contributed by atoms with van der Waals surface area (Å²) >= 11 is 5.97. The number of benzene rings is 1. The van der Waals surface area contributed by atoms with Crippen molar-refractivity contribution in [3.05, 3.63) is 41.0 Å². The second kappa shape index (κ2) is 5.56. The molecule has 2 heterocycles. The summed E-state index contributed by atoms with van der Waals surface area (Å²) in [5, 5.41) is 12.6. The number of hydrogen-bond donors (Lipinski definition) is 1. The second-order valence-electron chi connectivity index (χ2n) is 4.29. The average Bonchev–Trinajstić information content (AvgIpc) is 2.93. The molecule has 5 nitrogen and oxygen atoms in total. The van der Waals surface area contributed by atoms with E-state index in [0.29, 0.717) is 18.2 Å². The molecule has 3 aromatic rings. The molecule has 0 amide bonds. The number of pyridine rings is 1. The van der Waals surface area contributed by atoms with E-state index in [0.717, 1.165) is 28.0 Å². The first-order valence-corrected chi connectivity index (χ1v) is 6.70. The van der Waals surface area contributed by atoms with E-state index in [2.05, 4.69) is 20.4 Å². The highest BCUT2D eigenvalue weighted by Gasteiger charge is 2.12. The molecule has 6 heteroatoms. The number of ether oxygens (including phenoxy) is 1. The summed E-state index contributed by atoms with van der Waals surface area (Å²) in [5.74, 6) is 0. The van der Waals surface area contributed by atoms with Crippen molar-refractivity contribution in [1.82, 2.24) is 20.4 Å². The van der Waals surface area contributed by atoms with Crippen molar-refractivity contribution >= 4 is 22.5 Å². The SMILES string of the molecule is CCOCc1n[nH]nc1-c1ccc2cc(Cl)ccc2n1. The number of aromatic amines is 1. The number of halogens is 1. The van der Waals surface area contributed by atoms with E-state index in [4.69, 9.17) is 16.3 Å². The number of H-pyrrole nitrogens is 1. The molecule has 1 aromatic carbocycles. The van der Waals surface area contributed by atoms with Gasteiger partial charge in [0.05, 0.1) is 17.8 Å². The largest absolute Gasteiger partial charge is 0.375 e. The van der Waals surface area contributed by atoms with Gasteiger partial charge in [-0.05, 0) is 31.2 Å². The molecular formula is C14H13ClN4O. The van der Waals surface area contributed by atoms with Gasteiger partial charge in [-0.25, -0.2) is 4.98 Å². The summed E-state index contributed by atoms with van der Waals surface area (Å²) in [4.78, 5) is 4.59. The van der Waals surface area contributed by atoms with Crippen LogP contribution in [-0.2, 0) is 11.3 Å². The molecule has 102 valence electrons. The fourth-order valence-corrected chi connectivity index (χ4v) is 2.17. The zero-order valence-electron chi connectivity index (χ0n) is 10.9. The normalized spacial score (nSPS) is 11.1. The molecule has 3 rings (SSSR count). The summed E-state index contributed by atoms with van der Waals surface area (Å²) in [5.41, 5.74) is 3.11. The summed E-state index contributed by atoms with van der Waals surface area (Å²) in [6.07, 6.45) is 0. The highest BCUT2D eigenvalue weighted by molar-refractivity contribution is 6.31. The number of nitrogens with one attached hydrogen (secondary N) is 1. The lowest BCUT2D eigenvalue weighted by atomic mass is 10.1. The maximum absolute atomic E-state index is 5.97. The first-order valence-electron chi connectivity index (χ1n) is 6.32. The van der Waals surface area contributed by atoms with Crippen molar-refractivity contribution in [2.75, 3.05) is 6.61 Å². The van der Waals surface area contributed by atoms with E-state index in [1.54, 1.807) is 0 Å². The predicted molar refractivity (Wildman–Crippen MR) is 77.5 cm³/mol. The van der Waals surface area contributed by atoms with Crippen LogP contribution in [0.2, 0.25) is 5.02 Å². The Kier molecular flexibility index (Phi) is 3.62. The van der Waals surface area contributed by atoms with Gasteiger partial charge in [-0.3, -0.25) is 0 Å². The third kappa shape index (κ3) is 2.50. The van der Waals surface area contributed by atoms with Gasteiger partial charge in [-0.2, -0.15) is 15.4 Å². The monoisotopic (exact) mass is 288 g/mol. The van der Waals surface area contributed by atoms with Gasteiger partial charge in [-0.1, -0.05) is 17.7 Å². The van der Waals surface area contributed by atoms with E-state index in [1.165, 1.54) is 0 Å². The Labute approximate surface area is 120 Å². The Balaban J connectivity index is 2.02. The Bertz CT molecular complexity index is 741. The topological polar surface area (TPSA) is 63.7 Å². The molecule has 0 fully saturated rings. The van der Waals surface area contributed by atoms with Crippen molar-refractivity contribution in [2.24, 2.45) is 0 Å². The second-order valence-corrected chi connectivity index (χ2v) is 4.73. The molecular weight excluding hydrogens is 276 g/mol. The highest BCUT2D eigenvalue weighted by Crippen LogP contribution is 2.23. The van der Waals surface area contributed by atoms with Gasteiger partial charge in [-0.15, -0.1) is 0 Å². The Hall–Kier alpha value is -1.98. The van der Waals surface area contributed by atoms with Gasteiger partial charge in [0.25, 0.3) is 0 Å². The maximum atomic E-state index is 5.97. The Morgan fingerprint density at radius 3 is 2.95 bits per heavy atom.